The summed E-state index contributed by atoms with van der Waals surface area (Å²) >= 11 is 1.15. The number of nitrogens with zero attached hydrogens (tertiary/aromatic N) is 3. The number of aromatic carboxylic acids is 1. The van der Waals surface area contributed by atoms with Crippen molar-refractivity contribution in [2.45, 2.75) is 20.3 Å². The molecule has 2 heterocycles. The van der Waals surface area contributed by atoms with Gasteiger partial charge < -0.3 is 10.4 Å². The summed E-state index contributed by atoms with van der Waals surface area (Å²) < 4.78 is 5.77. The van der Waals surface area contributed by atoms with Crippen molar-refractivity contribution < 1.29 is 9.90 Å². The van der Waals surface area contributed by atoms with Crippen molar-refractivity contribution >= 4 is 28.2 Å². The zero-order chi connectivity index (χ0) is 13.3. The third-order valence-electron chi connectivity index (χ3n) is 2.56. The van der Waals surface area contributed by atoms with E-state index < -0.39 is 5.97 Å². The van der Waals surface area contributed by atoms with Crippen LogP contribution in [0, 0.1) is 6.92 Å². The Morgan fingerprint density at radius 2 is 2.33 bits per heavy atom. The molecule has 0 bridgehead atoms. The Kier molecular flexibility index (Phi) is 3.33. The van der Waals surface area contributed by atoms with Crippen LogP contribution >= 0.6 is 11.5 Å². The van der Waals surface area contributed by atoms with Gasteiger partial charge in [0.2, 0.25) is 0 Å². The van der Waals surface area contributed by atoms with E-state index in [9.17, 15) is 4.79 Å². The minimum Gasteiger partial charge on any atom is -0.478 e. The third kappa shape index (κ3) is 2.21. The van der Waals surface area contributed by atoms with Crippen molar-refractivity contribution in [3.05, 3.63) is 23.1 Å². The Morgan fingerprint density at radius 3 is 2.94 bits per heavy atom. The van der Waals surface area contributed by atoms with Crippen LogP contribution in [0.2, 0.25) is 0 Å². The number of rotatable bonds is 4. The average Bonchev–Trinajstić information content (AvgIpc) is 2.82. The molecule has 0 unspecified atom stereocenters. The summed E-state index contributed by atoms with van der Waals surface area (Å²) in [6, 6.07) is 0. The zero-order valence-corrected chi connectivity index (χ0v) is 11.2. The smallest absolute Gasteiger partial charge is 0.340 e. The summed E-state index contributed by atoms with van der Waals surface area (Å²) in [5.74, 6) is -0.967. The molecule has 18 heavy (non-hydrogen) atoms. The molecule has 0 fully saturated rings. The molecular weight excluding hydrogens is 252 g/mol. The van der Waals surface area contributed by atoms with Gasteiger partial charge >= 0.3 is 5.97 Å². The van der Waals surface area contributed by atoms with Gasteiger partial charge in [-0.05, 0) is 24.9 Å². The fourth-order valence-corrected chi connectivity index (χ4v) is 2.53. The highest BCUT2D eigenvalue weighted by atomic mass is 32.1. The molecule has 2 aromatic heterocycles. The lowest BCUT2D eigenvalue weighted by Crippen LogP contribution is -2.01. The third-order valence-corrected chi connectivity index (χ3v) is 3.42. The highest BCUT2D eigenvalue weighted by molar-refractivity contribution is 7.10. The molecule has 0 spiro atoms. The van der Waals surface area contributed by atoms with Crippen molar-refractivity contribution in [2.24, 2.45) is 7.05 Å². The van der Waals surface area contributed by atoms with E-state index in [-0.39, 0.29) is 5.56 Å². The second-order valence-corrected chi connectivity index (χ2v) is 4.69. The highest BCUT2D eigenvalue weighted by Crippen LogP contribution is 2.29. The number of anilines is 2. The lowest BCUT2D eigenvalue weighted by atomic mass is 10.2. The molecule has 2 aromatic rings. The second kappa shape index (κ2) is 4.77. The molecule has 7 heteroatoms. The number of aromatic nitrogens is 3. The molecule has 2 rings (SSSR count). The predicted molar refractivity (Wildman–Crippen MR) is 69.7 cm³/mol. The van der Waals surface area contributed by atoms with Crippen LogP contribution in [-0.2, 0) is 13.5 Å². The fourth-order valence-electron chi connectivity index (χ4n) is 1.73. The van der Waals surface area contributed by atoms with Crippen LogP contribution in [0.25, 0.3) is 0 Å². The van der Waals surface area contributed by atoms with Crippen LogP contribution in [0.5, 0.6) is 0 Å². The van der Waals surface area contributed by atoms with Crippen molar-refractivity contribution in [1.82, 2.24) is 14.2 Å². The molecule has 0 amide bonds. The van der Waals surface area contributed by atoms with Crippen molar-refractivity contribution in [2.75, 3.05) is 5.32 Å². The normalized spacial score (nSPS) is 10.6. The van der Waals surface area contributed by atoms with E-state index in [0.29, 0.717) is 10.7 Å². The van der Waals surface area contributed by atoms with E-state index in [2.05, 4.69) is 14.8 Å². The van der Waals surface area contributed by atoms with Gasteiger partial charge in [-0.15, -0.1) is 0 Å². The first kappa shape index (κ1) is 12.6. The Balaban J connectivity index is 2.37. The van der Waals surface area contributed by atoms with Crippen LogP contribution in [0.4, 0.5) is 10.7 Å². The van der Waals surface area contributed by atoms with E-state index in [1.165, 1.54) is 0 Å². The van der Waals surface area contributed by atoms with E-state index in [0.717, 1.165) is 29.3 Å². The fraction of sp³-hybridized carbons (Fsp3) is 0.364. The van der Waals surface area contributed by atoms with Gasteiger partial charge in [-0.25, -0.2) is 4.79 Å². The largest absolute Gasteiger partial charge is 0.478 e. The molecule has 0 atom stereocenters. The Morgan fingerprint density at radius 1 is 1.61 bits per heavy atom. The summed E-state index contributed by atoms with van der Waals surface area (Å²) in [5, 5.41) is 17.1. The Hall–Kier alpha value is -1.89. The maximum Gasteiger partial charge on any atom is 0.340 e. The van der Waals surface area contributed by atoms with Gasteiger partial charge in [0.15, 0.2) is 0 Å². The molecule has 0 aromatic carbocycles. The molecule has 0 saturated heterocycles. The maximum atomic E-state index is 11.2. The monoisotopic (exact) mass is 266 g/mol. The summed E-state index contributed by atoms with van der Waals surface area (Å²) in [7, 11) is 1.83. The molecule has 6 nitrogen and oxygen atoms in total. The molecule has 0 aliphatic carbocycles. The van der Waals surface area contributed by atoms with Crippen molar-refractivity contribution in [3.63, 3.8) is 0 Å². The molecule has 0 saturated carbocycles. The molecule has 0 radical (unpaired) electrons. The van der Waals surface area contributed by atoms with E-state index >= 15 is 0 Å². The summed E-state index contributed by atoms with van der Waals surface area (Å²) in [4.78, 5) is 11.2. The molecule has 96 valence electrons. The Bertz CT molecular complexity index is 588. The minimum absolute atomic E-state index is 0.228. The van der Waals surface area contributed by atoms with Gasteiger partial charge in [0.25, 0.3) is 0 Å². The number of aryl methyl sites for hydroxylation is 3. The van der Waals surface area contributed by atoms with Crippen molar-refractivity contribution in [3.8, 4) is 0 Å². The Labute approximate surface area is 108 Å². The van der Waals surface area contributed by atoms with Gasteiger partial charge in [-0.3, -0.25) is 4.68 Å². The van der Waals surface area contributed by atoms with Gasteiger partial charge in [0, 0.05) is 13.2 Å². The number of carbonyl (C=O) groups is 1. The average molecular weight is 266 g/mol. The number of hydrogen-bond donors (Lipinski definition) is 2. The number of carboxylic acid groups (broad SMARTS) is 1. The van der Waals surface area contributed by atoms with Crippen LogP contribution in [0.1, 0.15) is 28.7 Å². The lowest BCUT2D eigenvalue weighted by Gasteiger charge is -2.03. The van der Waals surface area contributed by atoms with Gasteiger partial charge in [-0.1, -0.05) is 6.92 Å². The molecular formula is C11H14N4O2S. The van der Waals surface area contributed by atoms with Gasteiger partial charge in [0.1, 0.15) is 10.6 Å². The summed E-state index contributed by atoms with van der Waals surface area (Å²) in [6.45, 7) is 3.69. The first-order chi connectivity index (χ1) is 8.52. The topological polar surface area (TPSA) is 80.0 Å². The van der Waals surface area contributed by atoms with E-state index in [4.69, 9.17) is 5.11 Å². The number of carboxylic acids is 1. The lowest BCUT2D eigenvalue weighted by molar-refractivity contribution is 0.0697. The molecule has 2 N–H and O–H groups in total. The first-order valence-electron chi connectivity index (χ1n) is 5.52. The van der Waals surface area contributed by atoms with E-state index in [1.807, 2.05) is 20.2 Å². The first-order valence-corrected chi connectivity index (χ1v) is 6.29. The standard InChI is InChI=1S/C11H14N4O2S/c1-4-7-8(5-15(3)13-7)12-10-9(11(16)17)6(2)14-18-10/h5,12H,4H2,1-3H3,(H,16,17). The van der Waals surface area contributed by atoms with Gasteiger partial charge in [0.05, 0.1) is 17.1 Å². The predicted octanol–water partition coefficient (Wildman–Crippen LogP) is 2.19. The quantitative estimate of drug-likeness (QED) is 0.886. The van der Waals surface area contributed by atoms with Crippen LogP contribution < -0.4 is 5.32 Å². The maximum absolute atomic E-state index is 11.2. The van der Waals surface area contributed by atoms with Crippen LogP contribution in [0.3, 0.4) is 0 Å². The second-order valence-electron chi connectivity index (χ2n) is 3.92. The van der Waals surface area contributed by atoms with Crippen LogP contribution in [0.15, 0.2) is 6.20 Å². The zero-order valence-electron chi connectivity index (χ0n) is 10.4. The molecule has 0 aliphatic rings. The highest BCUT2D eigenvalue weighted by Gasteiger charge is 2.18. The van der Waals surface area contributed by atoms with Gasteiger partial charge in [-0.2, -0.15) is 9.47 Å². The molecule has 0 aliphatic heterocycles. The number of nitrogens with one attached hydrogen (secondary N) is 1. The summed E-state index contributed by atoms with van der Waals surface area (Å²) in [5.41, 5.74) is 2.48. The van der Waals surface area contributed by atoms with Crippen molar-refractivity contribution in [1.29, 1.82) is 0 Å². The SMILES string of the molecule is CCc1nn(C)cc1Nc1snc(C)c1C(=O)O. The van der Waals surface area contributed by atoms with Crippen LogP contribution in [-0.4, -0.2) is 25.2 Å². The number of hydrogen-bond acceptors (Lipinski definition) is 5. The summed E-state index contributed by atoms with van der Waals surface area (Å²) in [6.07, 6.45) is 2.61. The minimum atomic E-state index is -0.967. The van der Waals surface area contributed by atoms with E-state index in [1.54, 1.807) is 11.6 Å².